The Morgan fingerprint density at radius 1 is 1.29 bits per heavy atom. The predicted octanol–water partition coefficient (Wildman–Crippen LogP) is 2.75. The molecule has 1 saturated heterocycles. The van der Waals surface area contributed by atoms with Gasteiger partial charge < -0.3 is 9.80 Å². The monoisotopic (exact) mass is 284 g/mol. The summed E-state index contributed by atoms with van der Waals surface area (Å²) < 4.78 is 0. The van der Waals surface area contributed by atoms with Crippen LogP contribution in [0.2, 0.25) is 0 Å². The second-order valence-electron chi connectivity index (χ2n) is 4.99. The molecule has 0 atom stereocenters. The molecule has 2 heterocycles. The number of hydrogen-bond donors (Lipinski definition) is 0. The van der Waals surface area contributed by atoms with E-state index < -0.39 is 0 Å². The van der Waals surface area contributed by atoms with Crippen molar-refractivity contribution in [2.24, 2.45) is 4.99 Å². The van der Waals surface area contributed by atoms with Crippen LogP contribution in [0.5, 0.6) is 0 Å². The molecule has 0 aliphatic carbocycles. The molecule has 0 saturated carbocycles. The highest BCUT2D eigenvalue weighted by Gasteiger charge is 2.20. The van der Waals surface area contributed by atoms with Gasteiger partial charge in [0.2, 0.25) is 0 Å². The zero-order chi connectivity index (χ0) is 15.1. The van der Waals surface area contributed by atoms with E-state index in [0.29, 0.717) is 0 Å². The number of piperazine rings is 1. The maximum atomic E-state index is 4.34. The third-order valence-electron chi connectivity index (χ3n) is 3.74. The van der Waals surface area contributed by atoms with Crippen molar-refractivity contribution in [3.05, 3.63) is 49.0 Å². The lowest BCUT2D eigenvalue weighted by Crippen LogP contribution is -2.46. The van der Waals surface area contributed by atoms with Gasteiger partial charge in [-0.2, -0.15) is 0 Å². The number of anilines is 1. The van der Waals surface area contributed by atoms with E-state index in [-0.39, 0.29) is 0 Å². The fourth-order valence-corrected chi connectivity index (χ4v) is 2.66. The zero-order valence-electron chi connectivity index (χ0n) is 13.0. The highest BCUT2D eigenvalue weighted by molar-refractivity contribution is 6.07. The first-order chi connectivity index (χ1) is 10.3. The molecule has 4 heteroatoms. The molecule has 0 bridgehead atoms. The summed E-state index contributed by atoms with van der Waals surface area (Å²) in [4.78, 5) is 13.2. The van der Waals surface area contributed by atoms with Gasteiger partial charge in [0, 0.05) is 51.3 Å². The maximum absolute atomic E-state index is 4.34. The van der Waals surface area contributed by atoms with Crippen LogP contribution in [-0.2, 0) is 0 Å². The number of pyridine rings is 1. The van der Waals surface area contributed by atoms with Crippen molar-refractivity contribution in [1.82, 2.24) is 9.88 Å². The minimum absolute atomic E-state index is 0.981. The van der Waals surface area contributed by atoms with Gasteiger partial charge in [-0.3, -0.25) is 9.98 Å². The molecule has 0 spiro atoms. The Balaban J connectivity index is 2.05. The van der Waals surface area contributed by atoms with Crippen molar-refractivity contribution < 1.29 is 0 Å². The van der Waals surface area contributed by atoms with Crippen LogP contribution in [0.25, 0.3) is 0 Å². The summed E-state index contributed by atoms with van der Waals surface area (Å²) in [6, 6.07) is 4.14. The van der Waals surface area contributed by atoms with Crippen molar-refractivity contribution in [1.29, 1.82) is 0 Å². The molecule has 0 unspecified atom stereocenters. The van der Waals surface area contributed by atoms with Crippen LogP contribution in [0.3, 0.4) is 0 Å². The highest BCUT2D eigenvalue weighted by Crippen LogP contribution is 2.18. The standard InChI is InChI=1S/C17H24N4/c1-4-6-17(16(5-2)18-3)21-13-11-20(12-14-21)15-7-9-19-10-8-15/h5-10H,2,4,11-14H2,1,3H3/b17-6+,18-16-. The molecule has 2 rings (SSSR count). The maximum Gasteiger partial charge on any atom is 0.0795 e. The number of allylic oxidation sites excluding steroid dienone is 2. The number of nitrogens with zero attached hydrogens (tertiary/aromatic N) is 4. The summed E-state index contributed by atoms with van der Waals surface area (Å²) in [5.74, 6) is 0. The molecule has 1 aliphatic rings. The first-order valence-corrected chi connectivity index (χ1v) is 7.49. The van der Waals surface area contributed by atoms with E-state index in [9.17, 15) is 0 Å². The van der Waals surface area contributed by atoms with Crippen molar-refractivity contribution >= 4 is 11.4 Å². The van der Waals surface area contributed by atoms with Crippen molar-refractivity contribution in [3.63, 3.8) is 0 Å². The molecule has 1 fully saturated rings. The highest BCUT2D eigenvalue weighted by atomic mass is 15.3. The van der Waals surface area contributed by atoms with Gasteiger partial charge in [0.05, 0.1) is 11.4 Å². The quantitative estimate of drug-likeness (QED) is 0.779. The number of aliphatic imine (C=N–C) groups is 1. The summed E-state index contributed by atoms with van der Waals surface area (Å²) in [5.41, 5.74) is 3.44. The van der Waals surface area contributed by atoms with Gasteiger partial charge in [-0.1, -0.05) is 19.6 Å². The van der Waals surface area contributed by atoms with Gasteiger partial charge in [-0.25, -0.2) is 0 Å². The van der Waals surface area contributed by atoms with Crippen LogP contribution >= 0.6 is 0 Å². The number of rotatable bonds is 5. The zero-order valence-corrected chi connectivity index (χ0v) is 13.0. The SMILES string of the molecule is C=CC(=N/C)/C(=C\CC)N1CCN(c2ccncc2)CC1. The molecule has 112 valence electrons. The van der Waals surface area contributed by atoms with Gasteiger partial charge in [0.15, 0.2) is 0 Å². The van der Waals surface area contributed by atoms with Crippen LogP contribution in [-0.4, -0.2) is 48.8 Å². The average molecular weight is 284 g/mol. The lowest BCUT2D eigenvalue weighted by atomic mass is 10.1. The van der Waals surface area contributed by atoms with Gasteiger partial charge in [0.25, 0.3) is 0 Å². The molecular weight excluding hydrogens is 260 g/mol. The predicted molar refractivity (Wildman–Crippen MR) is 90.0 cm³/mol. The third kappa shape index (κ3) is 3.72. The molecule has 0 N–H and O–H groups in total. The summed E-state index contributed by atoms with van der Waals surface area (Å²) in [6.45, 7) is 10.1. The summed E-state index contributed by atoms with van der Waals surface area (Å²) in [6.07, 6.45) is 8.79. The van der Waals surface area contributed by atoms with E-state index >= 15 is 0 Å². The summed E-state index contributed by atoms with van der Waals surface area (Å²) in [5, 5.41) is 0. The van der Waals surface area contributed by atoms with Crippen LogP contribution in [0.15, 0.2) is 53.9 Å². The Morgan fingerprint density at radius 3 is 2.48 bits per heavy atom. The van der Waals surface area contributed by atoms with E-state index in [2.05, 4.69) is 51.5 Å². The Hall–Kier alpha value is -2.10. The second kappa shape index (κ2) is 7.62. The fraction of sp³-hybridized carbons (Fsp3) is 0.412. The summed E-state index contributed by atoms with van der Waals surface area (Å²) in [7, 11) is 1.83. The van der Waals surface area contributed by atoms with E-state index in [4.69, 9.17) is 0 Å². The molecule has 4 nitrogen and oxygen atoms in total. The topological polar surface area (TPSA) is 31.7 Å². The van der Waals surface area contributed by atoms with Gasteiger partial charge in [0.1, 0.15) is 0 Å². The van der Waals surface area contributed by atoms with E-state index in [0.717, 1.165) is 38.3 Å². The average Bonchev–Trinajstić information content (AvgIpc) is 2.56. The first-order valence-electron chi connectivity index (χ1n) is 7.49. The number of hydrogen-bond acceptors (Lipinski definition) is 4. The van der Waals surface area contributed by atoms with Crippen LogP contribution in [0.4, 0.5) is 5.69 Å². The normalized spacial score (nSPS) is 17.0. The Labute approximate surface area is 127 Å². The second-order valence-corrected chi connectivity index (χ2v) is 4.99. The lowest BCUT2D eigenvalue weighted by molar-refractivity contribution is 0.334. The smallest absolute Gasteiger partial charge is 0.0795 e. The van der Waals surface area contributed by atoms with Gasteiger partial charge in [-0.15, -0.1) is 0 Å². The van der Waals surface area contributed by atoms with Gasteiger partial charge in [-0.05, 0) is 24.6 Å². The molecule has 21 heavy (non-hydrogen) atoms. The largest absolute Gasteiger partial charge is 0.368 e. The van der Waals surface area contributed by atoms with Crippen LogP contribution in [0, 0.1) is 0 Å². The minimum Gasteiger partial charge on any atom is -0.368 e. The Morgan fingerprint density at radius 2 is 1.95 bits per heavy atom. The molecule has 1 aromatic rings. The van der Waals surface area contributed by atoms with E-state index in [1.807, 2.05) is 25.5 Å². The van der Waals surface area contributed by atoms with Gasteiger partial charge >= 0.3 is 0 Å². The molecular formula is C17H24N4. The lowest BCUT2D eigenvalue weighted by Gasteiger charge is -2.38. The van der Waals surface area contributed by atoms with E-state index in [1.165, 1.54) is 11.4 Å². The molecule has 1 aliphatic heterocycles. The minimum atomic E-state index is 0.981. The van der Waals surface area contributed by atoms with Crippen molar-refractivity contribution in [3.8, 4) is 0 Å². The fourth-order valence-electron chi connectivity index (χ4n) is 2.66. The Kier molecular flexibility index (Phi) is 5.55. The van der Waals surface area contributed by atoms with Crippen LogP contribution < -0.4 is 4.90 Å². The molecule has 0 aromatic carbocycles. The van der Waals surface area contributed by atoms with E-state index in [1.54, 1.807) is 0 Å². The third-order valence-corrected chi connectivity index (χ3v) is 3.74. The summed E-state index contributed by atoms with van der Waals surface area (Å²) >= 11 is 0. The first kappa shape index (κ1) is 15.3. The molecule has 1 aromatic heterocycles. The number of aromatic nitrogens is 1. The van der Waals surface area contributed by atoms with Crippen molar-refractivity contribution in [2.45, 2.75) is 13.3 Å². The molecule has 0 amide bonds. The van der Waals surface area contributed by atoms with Crippen LogP contribution in [0.1, 0.15) is 13.3 Å². The molecule has 0 radical (unpaired) electrons. The van der Waals surface area contributed by atoms with Crippen molar-refractivity contribution in [2.75, 3.05) is 38.1 Å². The Bertz CT molecular complexity index is 511.